The Hall–Kier alpha value is -2.81. The second kappa shape index (κ2) is 4.09. The quantitative estimate of drug-likeness (QED) is 0.494. The number of para-hydroxylation sites is 1. The Balaban J connectivity index is 2.14. The summed E-state index contributed by atoms with van der Waals surface area (Å²) in [6, 6.07) is 14.5. The lowest BCUT2D eigenvalue weighted by atomic mass is 9.84. The summed E-state index contributed by atoms with van der Waals surface area (Å²) in [6.45, 7) is 1.88. The zero-order valence-corrected chi connectivity index (χ0v) is 11.4. The van der Waals surface area contributed by atoms with Crippen molar-refractivity contribution in [1.29, 1.82) is 0 Å². The van der Waals surface area contributed by atoms with Crippen LogP contribution >= 0.6 is 0 Å². The lowest BCUT2D eigenvalue weighted by Gasteiger charge is -2.19. The van der Waals surface area contributed by atoms with E-state index in [1.165, 1.54) is 0 Å². The third-order valence-corrected chi connectivity index (χ3v) is 4.01. The lowest BCUT2D eigenvalue weighted by Crippen LogP contribution is -2.23. The standard InChI is InChI=1S/C18H11NO2/c1-10-11-6-4-5-9-14(11)19-16-15(10)17(20)12-7-2-3-8-13(12)18(16)21/h2-9H,1H3. The van der Waals surface area contributed by atoms with Crippen molar-refractivity contribution in [3.63, 3.8) is 0 Å². The summed E-state index contributed by atoms with van der Waals surface area (Å²) >= 11 is 0. The van der Waals surface area contributed by atoms with Gasteiger partial charge >= 0.3 is 0 Å². The molecule has 4 rings (SSSR count). The van der Waals surface area contributed by atoms with Crippen LogP contribution in [-0.2, 0) is 0 Å². The summed E-state index contributed by atoms with van der Waals surface area (Å²) in [7, 11) is 0. The highest BCUT2D eigenvalue weighted by Crippen LogP contribution is 2.31. The molecule has 1 heterocycles. The van der Waals surface area contributed by atoms with Crippen molar-refractivity contribution < 1.29 is 9.59 Å². The maximum atomic E-state index is 12.7. The molecule has 2 aromatic carbocycles. The van der Waals surface area contributed by atoms with Gasteiger partial charge in [0.25, 0.3) is 0 Å². The van der Waals surface area contributed by atoms with E-state index in [1.54, 1.807) is 24.3 Å². The Kier molecular flexibility index (Phi) is 2.33. The number of hydrogen-bond acceptors (Lipinski definition) is 3. The number of ketones is 2. The molecule has 100 valence electrons. The molecule has 1 aliphatic carbocycles. The van der Waals surface area contributed by atoms with E-state index in [0.29, 0.717) is 16.7 Å². The highest BCUT2D eigenvalue weighted by Gasteiger charge is 2.32. The minimum absolute atomic E-state index is 0.115. The maximum Gasteiger partial charge on any atom is 0.212 e. The van der Waals surface area contributed by atoms with Crippen LogP contribution in [0.1, 0.15) is 37.5 Å². The van der Waals surface area contributed by atoms with Gasteiger partial charge in [-0.2, -0.15) is 0 Å². The van der Waals surface area contributed by atoms with E-state index in [0.717, 1.165) is 16.5 Å². The van der Waals surface area contributed by atoms with Crippen LogP contribution in [0.2, 0.25) is 0 Å². The normalized spacial score (nSPS) is 13.2. The van der Waals surface area contributed by atoms with Gasteiger partial charge in [0.05, 0.1) is 11.1 Å². The molecule has 0 unspecified atom stereocenters. The number of carbonyl (C=O) groups excluding carboxylic acids is 2. The predicted molar refractivity (Wildman–Crippen MR) is 79.8 cm³/mol. The molecule has 0 N–H and O–H groups in total. The average molecular weight is 273 g/mol. The summed E-state index contributed by atoms with van der Waals surface area (Å²) in [6.07, 6.45) is 0. The number of nitrogens with zero attached hydrogens (tertiary/aromatic N) is 1. The topological polar surface area (TPSA) is 47.0 Å². The van der Waals surface area contributed by atoms with Crippen LogP contribution in [0.5, 0.6) is 0 Å². The van der Waals surface area contributed by atoms with Crippen molar-refractivity contribution in [3.05, 3.63) is 76.5 Å². The summed E-state index contributed by atoms with van der Waals surface area (Å²) in [5, 5.41) is 0.914. The molecule has 0 spiro atoms. The maximum absolute atomic E-state index is 12.7. The van der Waals surface area contributed by atoms with Crippen molar-refractivity contribution in [3.8, 4) is 0 Å². The summed E-state index contributed by atoms with van der Waals surface area (Å²) < 4.78 is 0. The van der Waals surface area contributed by atoms with Gasteiger partial charge in [0.15, 0.2) is 5.78 Å². The van der Waals surface area contributed by atoms with E-state index in [9.17, 15) is 9.59 Å². The molecule has 3 nitrogen and oxygen atoms in total. The van der Waals surface area contributed by atoms with Crippen molar-refractivity contribution in [2.75, 3.05) is 0 Å². The first kappa shape index (κ1) is 12.0. The molecule has 0 radical (unpaired) electrons. The molecule has 0 bridgehead atoms. The smallest absolute Gasteiger partial charge is 0.212 e. The fourth-order valence-electron chi connectivity index (χ4n) is 2.96. The van der Waals surface area contributed by atoms with Crippen LogP contribution in [0, 0.1) is 6.92 Å². The highest BCUT2D eigenvalue weighted by molar-refractivity contribution is 6.29. The molecule has 0 atom stereocenters. The largest absolute Gasteiger partial charge is 0.288 e. The number of pyridine rings is 1. The number of fused-ring (bicyclic) bond motifs is 3. The SMILES string of the molecule is Cc1c2c(nc3ccccc13)C(=O)c1ccccc1C2=O. The number of aryl methyl sites for hydroxylation is 1. The van der Waals surface area contributed by atoms with Crippen LogP contribution in [0.15, 0.2) is 48.5 Å². The second-order valence-corrected chi connectivity index (χ2v) is 5.18. The number of carbonyl (C=O) groups is 2. The van der Waals surface area contributed by atoms with E-state index in [-0.39, 0.29) is 17.3 Å². The van der Waals surface area contributed by atoms with Gasteiger partial charge < -0.3 is 0 Å². The van der Waals surface area contributed by atoms with Crippen molar-refractivity contribution in [2.24, 2.45) is 0 Å². The lowest BCUT2D eigenvalue weighted by molar-refractivity contribution is 0.0975. The van der Waals surface area contributed by atoms with E-state index >= 15 is 0 Å². The Morgan fingerprint density at radius 1 is 0.810 bits per heavy atom. The van der Waals surface area contributed by atoms with Crippen molar-refractivity contribution in [1.82, 2.24) is 4.98 Å². The molecule has 3 aromatic rings. The van der Waals surface area contributed by atoms with E-state index < -0.39 is 0 Å². The van der Waals surface area contributed by atoms with E-state index in [2.05, 4.69) is 4.98 Å². The monoisotopic (exact) mass is 273 g/mol. The van der Waals surface area contributed by atoms with E-state index in [1.807, 2.05) is 31.2 Å². The van der Waals surface area contributed by atoms with Gasteiger partial charge in [-0.3, -0.25) is 9.59 Å². The van der Waals surface area contributed by atoms with Gasteiger partial charge in [-0.25, -0.2) is 4.98 Å². The average Bonchev–Trinajstić information content (AvgIpc) is 2.52. The van der Waals surface area contributed by atoms with E-state index in [4.69, 9.17) is 0 Å². The minimum atomic E-state index is -0.172. The third-order valence-electron chi connectivity index (χ3n) is 4.01. The molecule has 1 aromatic heterocycles. The predicted octanol–water partition coefficient (Wildman–Crippen LogP) is 3.32. The minimum Gasteiger partial charge on any atom is -0.288 e. The van der Waals surface area contributed by atoms with Gasteiger partial charge in [-0.15, -0.1) is 0 Å². The Labute approximate surface area is 121 Å². The van der Waals surface area contributed by atoms with Crippen LogP contribution in [0.4, 0.5) is 0 Å². The Morgan fingerprint density at radius 2 is 1.43 bits per heavy atom. The molecular weight excluding hydrogens is 262 g/mol. The molecule has 0 fully saturated rings. The molecule has 1 aliphatic rings. The first-order valence-corrected chi connectivity index (χ1v) is 6.76. The van der Waals surface area contributed by atoms with Gasteiger partial charge in [-0.1, -0.05) is 42.5 Å². The van der Waals surface area contributed by atoms with Gasteiger partial charge in [0.1, 0.15) is 5.69 Å². The Bertz CT molecular complexity index is 941. The van der Waals surface area contributed by atoms with Gasteiger partial charge in [-0.05, 0) is 18.6 Å². The summed E-state index contributed by atoms with van der Waals surface area (Å²) in [4.78, 5) is 29.8. The molecule has 0 aliphatic heterocycles. The zero-order chi connectivity index (χ0) is 14.6. The third kappa shape index (κ3) is 1.51. The molecule has 0 amide bonds. The van der Waals surface area contributed by atoms with Gasteiger partial charge in [0.2, 0.25) is 5.78 Å². The Morgan fingerprint density at radius 3 is 2.19 bits per heavy atom. The van der Waals surface area contributed by atoms with Crippen molar-refractivity contribution >= 4 is 22.5 Å². The number of aromatic nitrogens is 1. The van der Waals surface area contributed by atoms with Crippen LogP contribution < -0.4 is 0 Å². The first-order chi connectivity index (χ1) is 10.2. The fourth-order valence-corrected chi connectivity index (χ4v) is 2.96. The fraction of sp³-hybridized carbons (Fsp3) is 0.0556. The van der Waals surface area contributed by atoms with Crippen LogP contribution in [0.25, 0.3) is 10.9 Å². The second-order valence-electron chi connectivity index (χ2n) is 5.18. The van der Waals surface area contributed by atoms with Crippen LogP contribution in [0.3, 0.4) is 0 Å². The highest BCUT2D eigenvalue weighted by atomic mass is 16.1. The first-order valence-electron chi connectivity index (χ1n) is 6.76. The molecular formula is C18H11NO2. The number of hydrogen-bond donors (Lipinski definition) is 0. The van der Waals surface area contributed by atoms with Gasteiger partial charge in [0, 0.05) is 16.5 Å². The molecule has 0 saturated heterocycles. The molecule has 0 saturated carbocycles. The summed E-state index contributed by atoms with van der Waals surface area (Å²) in [5.74, 6) is -0.287. The number of rotatable bonds is 0. The molecule has 21 heavy (non-hydrogen) atoms. The van der Waals surface area contributed by atoms with Crippen LogP contribution in [-0.4, -0.2) is 16.6 Å². The number of benzene rings is 2. The zero-order valence-electron chi connectivity index (χ0n) is 11.4. The summed E-state index contributed by atoms with van der Waals surface area (Å²) in [5.41, 5.74) is 3.19. The van der Waals surface area contributed by atoms with Crippen molar-refractivity contribution in [2.45, 2.75) is 6.92 Å². The molecule has 3 heteroatoms.